The van der Waals surface area contributed by atoms with Gasteiger partial charge < -0.3 is 4.65 Å². The van der Waals surface area contributed by atoms with E-state index in [0.717, 1.165) is 5.92 Å². The van der Waals surface area contributed by atoms with E-state index < -0.39 is 0 Å². The maximum absolute atomic E-state index is 5.53. The van der Waals surface area contributed by atoms with Gasteiger partial charge in [-0.25, -0.2) is 0 Å². The molecule has 0 aliphatic rings. The molecule has 0 amide bonds. The SMILES string of the molecule is CCCC(C)CB(OC)C(C)(C)C. The standard InChI is InChI=1S/C11H25BO/c1-7-8-10(2)9-12(13-6)11(3,4)5/h10H,7-9H2,1-6H3. The van der Waals surface area contributed by atoms with Gasteiger partial charge in [0.25, 0.3) is 6.92 Å². The topological polar surface area (TPSA) is 9.23 Å². The highest BCUT2D eigenvalue weighted by Gasteiger charge is 2.30. The first kappa shape index (κ1) is 13.0. The van der Waals surface area contributed by atoms with Crippen LogP contribution in [-0.2, 0) is 4.65 Å². The molecular formula is C11H25BO. The monoisotopic (exact) mass is 184 g/mol. The highest BCUT2D eigenvalue weighted by atomic mass is 16.4. The lowest BCUT2D eigenvalue weighted by molar-refractivity contribution is 0.377. The van der Waals surface area contributed by atoms with Crippen LogP contribution in [0, 0.1) is 5.92 Å². The van der Waals surface area contributed by atoms with Crippen molar-refractivity contribution in [3.8, 4) is 0 Å². The largest absolute Gasteiger partial charge is 0.438 e. The van der Waals surface area contributed by atoms with Crippen molar-refractivity contribution in [1.82, 2.24) is 0 Å². The van der Waals surface area contributed by atoms with Crippen molar-refractivity contribution >= 4 is 6.92 Å². The fourth-order valence-electron chi connectivity index (χ4n) is 1.78. The van der Waals surface area contributed by atoms with E-state index in [9.17, 15) is 0 Å². The predicted octanol–water partition coefficient (Wildman–Crippen LogP) is 3.86. The molecule has 0 heterocycles. The molecule has 13 heavy (non-hydrogen) atoms. The van der Waals surface area contributed by atoms with Gasteiger partial charge in [0.2, 0.25) is 0 Å². The van der Waals surface area contributed by atoms with Crippen LogP contribution in [0.15, 0.2) is 0 Å². The second kappa shape index (κ2) is 5.69. The molecule has 0 aromatic heterocycles. The third-order valence-corrected chi connectivity index (χ3v) is 2.65. The average Bonchev–Trinajstić information content (AvgIpc) is 1.98. The predicted molar refractivity (Wildman–Crippen MR) is 61.4 cm³/mol. The van der Waals surface area contributed by atoms with Crippen LogP contribution in [0.4, 0.5) is 0 Å². The summed E-state index contributed by atoms with van der Waals surface area (Å²) in [6.45, 7) is 11.7. The molecule has 2 heteroatoms. The molecule has 1 nitrogen and oxygen atoms in total. The Labute approximate surface area is 84.4 Å². The molecule has 0 aliphatic carbocycles. The van der Waals surface area contributed by atoms with Crippen LogP contribution in [0.5, 0.6) is 0 Å². The minimum Gasteiger partial charge on any atom is -0.438 e. The van der Waals surface area contributed by atoms with Crippen LogP contribution in [0.1, 0.15) is 47.5 Å². The molecule has 0 aliphatic heterocycles. The van der Waals surface area contributed by atoms with Gasteiger partial charge in [0, 0.05) is 7.11 Å². The number of hydrogen-bond acceptors (Lipinski definition) is 1. The minimum absolute atomic E-state index is 0.275. The van der Waals surface area contributed by atoms with Gasteiger partial charge in [-0.3, -0.25) is 0 Å². The lowest BCUT2D eigenvalue weighted by atomic mass is 9.44. The Hall–Kier alpha value is 0.0249. The third kappa shape index (κ3) is 5.35. The van der Waals surface area contributed by atoms with E-state index in [4.69, 9.17) is 4.65 Å². The molecule has 78 valence electrons. The van der Waals surface area contributed by atoms with E-state index in [1.54, 1.807) is 0 Å². The van der Waals surface area contributed by atoms with Crippen molar-refractivity contribution in [1.29, 1.82) is 0 Å². The maximum atomic E-state index is 5.53. The van der Waals surface area contributed by atoms with Gasteiger partial charge in [-0.05, 0) is 17.6 Å². The minimum atomic E-state index is 0.275. The Balaban J connectivity index is 3.98. The summed E-state index contributed by atoms with van der Waals surface area (Å²) in [6.07, 6.45) is 3.78. The summed E-state index contributed by atoms with van der Waals surface area (Å²) >= 11 is 0. The van der Waals surface area contributed by atoms with Gasteiger partial charge in [-0.1, -0.05) is 47.5 Å². The Morgan fingerprint density at radius 3 is 2.15 bits per heavy atom. The zero-order valence-electron chi connectivity index (χ0n) is 10.2. The van der Waals surface area contributed by atoms with Crippen LogP contribution in [0.3, 0.4) is 0 Å². The Morgan fingerprint density at radius 2 is 1.85 bits per heavy atom. The van der Waals surface area contributed by atoms with Crippen LogP contribution in [-0.4, -0.2) is 14.0 Å². The van der Waals surface area contributed by atoms with Crippen LogP contribution >= 0.6 is 0 Å². The Bertz CT molecular complexity index is 129. The summed E-state index contributed by atoms with van der Waals surface area (Å²) in [5.41, 5.74) is 0. The van der Waals surface area contributed by atoms with Gasteiger partial charge in [0.05, 0.1) is 0 Å². The average molecular weight is 184 g/mol. The first-order valence-corrected chi connectivity index (χ1v) is 5.44. The number of hydrogen-bond donors (Lipinski definition) is 0. The van der Waals surface area contributed by atoms with Gasteiger partial charge in [0.1, 0.15) is 0 Å². The second-order valence-electron chi connectivity index (χ2n) is 5.22. The molecular weight excluding hydrogens is 159 g/mol. The summed E-state index contributed by atoms with van der Waals surface area (Å²) in [4.78, 5) is 0. The second-order valence-corrected chi connectivity index (χ2v) is 5.22. The lowest BCUT2D eigenvalue weighted by Gasteiger charge is -2.27. The molecule has 0 saturated heterocycles. The summed E-state index contributed by atoms with van der Waals surface area (Å²) in [5.74, 6) is 0.786. The highest BCUT2D eigenvalue weighted by Crippen LogP contribution is 2.32. The van der Waals surface area contributed by atoms with Gasteiger partial charge in [-0.15, -0.1) is 0 Å². The van der Waals surface area contributed by atoms with Crippen LogP contribution < -0.4 is 0 Å². The fourth-order valence-corrected chi connectivity index (χ4v) is 1.78. The van der Waals surface area contributed by atoms with E-state index in [2.05, 4.69) is 34.6 Å². The van der Waals surface area contributed by atoms with Gasteiger partial charge in [-0.2, -0.15) is 0 Å². The van der Waals surface area contributed by atoms with E-state index in [1.807, 2.05) is 7.11 Å². The highest BCUT2D eigenvalue weighted by molar-refractivity contribution is 6.55. The maximum Gasteiger partial charge on any atom is 0.298 e. The first-order chi connectivity index (χ1) is 5.91. The van der Waals surface area contributed by atoms with E-state index in [1.165, 1.54) is 19.2 Å². The van der Waals surface area contributed by atoms with Crippen LogP contribution in [0.2, 0.25) is 11.6 Å². The van der Waals surface area contributed by atoms with Gasteiger partial charge >= 0.3 is 0 Å². The fraction of sp³-hybridized carbons (Fsp3) is 1.00. The normalized spacial score (nSPS) is 14.3. The quantitative estimate of drug-likeness (QED) is 0.589. The molecule has 0 rings (SSSR count). The zero-order valence-corrected chi connectivity index (χ0v) is 10.2. The third-order valence-electron chi connectivity index (χ3n) is 2.65. The Kier molecular flexibility index (Phi) is 5.70. The van der Waals surface area contributed by atoms with E-state index >= 15 is 0 Å². The molecule has 0 N–H and O–H groups in total. The molecule has 0 aromatic rings. The lowest BCUT2D eigenvalue weighted by Crippen LogP contribution is -2.29. The molecule has 1 atom stereocenters. The van der Waals surface area contributed by atoms with Crippen molar-refractivity contribution in [2.75, 3.05) is 7.11 Å². The first-order valence-electron chi connectivity index (χ1n) is 5.44. The van der Waals surface area contributed by atoms with Gasteiger partial charge in [0.15, 0.2) is 0 Å². The van der Waals surface area contributed by atoms with Crippen LogP contribution in [0.25, 0.3) is 0 Å². The smallest absolute Gasteiger partial charge is 0.298 e. The zero-order chi connectivity index (χ0) is 10.5. The van der Waals surface area contributed by atoms with E-state index in [0.29, 0.717) is 6.92 Å². The molecule has 0 spiro atoms. The summed E-state index contributed by atoms with van der Waals surface area (Å²) < 4.78 is 5.53. The Morgan fingerprint density at radius 1 is 1.31 bits per heavy atom. The van der Waals surface area contributed by atoms with E-state index in [-0.39, 0.29) is 5.31 Å². The van der Waals surface area contributed by atoms with Crippen molar-refractivity contribution in [3.05, 3.63) is 0 Å². The molecule has 0 aromatic carbocycles. The summed E-state index contributed by atoms with van der Waals surface area (Å²) in [5, 5.41) is 0.275. The molecule has 0 radical (unpaired) electrons. The molecule has 0 fully saturated rings. The molecule has 1 unspecified atom stereocenters. The van der Waals surface area contributed by atoms with Crippen molar-refractivity contribution in [2.45, 2.75) is 59.1 Å². The summed E-state index contributed by atoms with van der Waals surface area (Å²) in [7, 11) is 1.83. The summed E-state index contributed by atoms with van der Waals surface area (Å²) in [6, 6.07) is 0. The molecule has 0 saturated carbocycles. The number of rotatable bonds is 5. The van der Waals surface area contributed by atoms with Crippen molar-refractivity contribution < 1.29 is 4.65 Å². The van der Waals surface area contributed by atoms with Crippen molar-refractivity contribution in [2.24, 2.45) is 5.92 Å². The molecule has 0 bridgehead atoms. The van der Waals surface area contributed by atoms with Crippen molar-refractivity contribution in [3.63, 3.8) is 0 Å².